The zero-order valence-corrected chi connectivity index (χ0v) is 15.8. The molecule has 3 rings (SSSR count). The Morgan fingerprint density at radius 3 is 2.41 bits per heavy atom. The van der Waals surface area contributed by atoms with E-state index in [9.17, 15) is 35.2 Å². The molecule has 0 bridgehead atoms. The minimum Gasteiger partial charge on any atom is -0.504 e. The number of nitrogens with one attached hydrogen (secondary N) is 1. The maximum atomic E-state index is 12.6. The van der Waals surface area contributed by atoms with Crippen LogP contribution in [0.2, 0.25) is 0 Å². The number of non-ortho nitro benzene ring substituents is 1. The Balaban J connectivity index is 1.89. The number of hydrogen-bond acceptors (Lipinski definition) is 10. The van der Waals surface area contributed by atoms with Gasteiger partial charge in [0.15, 0.2) is 15.8 Å². The lowest BCUT2D eigenvalue weighted by atomic mass is 10.2. The number of nitro benzene ring substituents is 2. The van der Waals surface area contributed by atoms with Crippen molar-refractivity contribution in [3.8, 4) is 11.5 Å². The molecule has 3 N–H and O–H groups in total. The van der Waals surface area contributed by atoms with Gasteiger partial charge in [-0.05, 0) is 42.1 Å². The highest BCUT2D eigenvalue weighted by Gasteiger charge is 2.34. The molecule has 29 heavy (non-hydrogen) atoms. The molecular weight excluding hydrogens is 424 g/mol. The van der Waals surface area contributed by atoms with Crippen LogP contribution in [0.3, 0.4) is 0 Å². The smallest absolute Gasteiger partial charge is 0.300 e. The van der Waals surface area contributed by atoms with E-state index in [0.29, 0.717) is 5.56 Å². The largest absolute Gasteiger partial charge is 0.504 e. The number of anilines is 1. The maximum absolute atomic E-state index is 12.6. The summed E-state index contributed by atoms with van der Waals surface area (Å²) in [5, 5.41) is 41.9. The van der Waals surface area contributed by atoms with Gasteiger partial charge in [0.2, 0.25) is 0 Å². The lowest BCUT2D eigenvalue weighted by Crippen LogP contribution is -2.34. The first-order valence-electron chi connectivity index (χ1n) is 7.67. The summed E-state index contributed by atoms with van der Waals surface area (Å²) >= 11 is 6.04. The van der Waals surface area contributed by atoms with Gasteiger partial charge in [-0.1, -0.05) is 17.8 Å². The number of aromatic hydroxyl groups is 2. The second kappa shape index (κ2) is 7.73. The summed E-state index contributed by atoms with van der Waals surface area (Å²) in [6, 6.07) is 6.90. The van der Waals surface area contributed by atoms with Gasteiger partial charge >= 0.3 is 5.69 Å². The van der Waals surface area contributed by atoms with Crippen LogP contribution in [-0.4, -0.2) is 35.3 Å². The normalized spacial score (nSPS) is 15.0. The van der Waals surface area contributed by atoms with Crippen LogP contribution in [0.1, 0.15) is 5.56 Å². The topological polar surface area (TPSA) is 159 Å². The Morgan fingerprint density at radius 2 is 1.79 bits per heavy atom. The van der Waals surface area contributed by atoms with Gasteiger partial charge in [-0.2, -0.15) is 0 Å². The highest BCUT2D eigenvalue weighted by molar-refractivity contribution is 8.26. The molecule has 0 saturated carbocycles. The van der Waals surface area contributed by atoms with Gasteiger partial charge in [0, 0.05) is 6.07 Å². The van der Waals surface area contributed by atoms with E-state index in [1.54, 1.807) is 0 Å². The molecule has 2 aromatic carbocycles. The van der Waals surface area contributed by atoms with E-state index in [0.717, 1.165) is 35.0 Å². The van der Waals surface area contributed by atoms with Gasteiger partial charge in [0.05, 0.1) is 20.8 Å². The van der Waals surface area contributed by atoms with Gasteiger partial charge < -0.3 is 10.2 Å². The van der Waals surface area contributed by atoms with Crippen LogP contribution >= 0.6 is 24.0 Å². The third-order valence-corrected chi connectivity index (χ3v) is 5.01. The second-order valence-electron chi connectivity index (χ2n) is 5.59. The zero-order valence-electron chi connectivity index (χ0n) is 14.1. The van der Waals surface area contributed by atoms with Crippen molar-refractivity contribution in [3.05, 3.63) is 67.1 Å². The highest BCUT2D eigenvalue weighted by Crippen LogP contribution is 2.36. The Hall–Kier alpha value is -3.71. The minimum absolute atomic E-state index is 0.0527. The Labute approximate surface area is 171 Å². The Morgan fingerprint density at radius 1 is 1.07 bits per heavy atom. The summed E-state index contributed by atoms with van der Waals surface area (Å²) in [7, 11) is 0. The van der Waals surface area contributed by atoms with Gasteiger partial charge in [0.25, 0.3) is 11.6 Å². The van der Waals surface area contributed by atoms with Crippen molar-refractivity contribution in [2.24, 2.45) is 0 Å². The molecule has 1 aliphatic rings. The van der Waals surface area contributed by atoms with E-state index in [4.69, 9.17) is 12.2 Å². The average Bonchev–Trinajstić information content (AvgIpc) is 2.92. The molecule has 0 atom stereocenters. The number of carbonyl (C=O) groups is 1. The van der Waals surface area contributed by atoms with Crippen LogP contribution in [0.15, 0.2) is 41.3 Å². The number of nitro groups is 2. The molecule has 0 aliphatic carbocycles. The van der Waals surface area contributed by atoms with Gasteiger partial charge in [-0.3, -0.25) is 30.4 Å². The molecule has 1 fully saturated rings. The molecule has 1 amide bonds. The number of thioether (sulfide) groups is 1. The summed E-state index contributed by atoms with van der Waals surface area (Å²) in [4.78, 5) is 33.3. The fourth-order valence-corrected chi connectivity index (χ4v) is 3.52. The fraction of sp³-hybridized carbons (Fsp3) is 0. The molecule has 0 spiro atoms. The molecule has 1 saturated heterocycles. The lowest BCUT2D eigenvalue weighted by molar-refractivity contribution is -0.393. The molecule has 148 valence electrons. The number of nitrogens with zero attached hydrogens (tertiary/aromatic N) is 3. The first-order chi connectivity index (χ1) is 13.7. The van der Waals surface area contributed by atoms with Crippen molar-refractivity contribution >= 4 is 57.3 Å². The Kier molecular flexibility index (Phi) is 5.34. The Bertz CT molecular complexity index is 1100. The highest BCUT2D eigenvalue weighted by atomic mass is 32.2. The molecule has 11 nitrogen and oxygen atoms in total. The summed E-state index contributed by atoms with van der Waals surface area (Å²) in [5.41, 5.74) is 1.72. The van der Waals surface area contributed by atoms with Crippen LogP contribution in [0.5, 0.6) is 11.5 Å². The van der Waals surface area contributed by atoms with Crippen molar-refractivity contribution in [1.82, 2.24) is 5.01 Å². The summed E-state index contributed by atoms with van der Waals surface area (Å²) < 4.78 is 0.0527. The number of phenols is 2. The maximum Gasteiger partial charge on any atom is 0.300 e. The molecule has 2 aromatic rings. The fourth-order valence-electron chi connectivity index (χ4n) is 2.35. The predicted octanol–water partition coefficient (Wildman–Crippen LogP) is 3.14. The number of hydrazine groups is 1. The van der Waals surface area contributed by atoms with Crippen LogP contribution in [0.4, 0.5) is 17.1 Å². The molecule has 1 aliphatic heterocycles. The van der Waals surface area contributed by atoms with E-state index < -0.39 is 27.1 Å². The third-order valence-electron chi connectivity index (χ3n) is 3.71. The van der Waals surface area contributed by atoms with Crippen molar-refractivity contribution in [3.63, 3.8) is 0 Å². The molecule has 0 radical (unpaired) electrons. The van der Waals surface area contributed by atoms with E-state index in [1.165, 1.54) is 24.3 Å². The van der Waals surface area contributed by atoms with Crippen LogP contribution < -0.4 is 5.43 Å². The summed E-state index contributed by atoms with van der Waals surface area (Å²) in [5.74, 6) is -1.30. The van der Waals surface area contributed by atoms with Crippen molar-refractivity contribution in [2.45, 2.75) is 0 Å². The molecule has 0 aromatic heterocycles. The number of phenolic OH excluding ortho intramolecular Hbond substituents is 2. The number of rotatable bonds is 5. The molecular formula is C16H10N4O7S2. The minimum atomic E-state index is -0.817. The number of amides is 1. The molecule has 1 heterocycles. The van der Waals surface area contributed by atoms with E-state index in [1.807, 2.05) is 0 Å². The van der Waals surface area contributed by atoms with Gasteiger partial charge in [-0.15, -0.1) is 0 Å². The molecule has 13 heteroatoms. The quantitative estimate of drug-likeness (QED) is 0.210. The van der Waals surface area contributed by atoms with Gasteiger partial charge in [-0.25, -0.2) is 5.01 Å². The SMILES string of the molecule is O=C1/C(=C\c2ccc(O)c(O)c2)SC(=S)N1Nc1ccc([N+](=O)[O-])cc1[N+](=O)[O-]. The number of benzene rings is 2. The second-order valence-corrected chi connectivity index (χ2v) is 7.27. The summed E-state index contributed by atoms with van der Waals surface area (Å²) in [6.45, 7) is 0. The number of thiocarbonyl (C=S) groups is 1. The van der Waals surface area contributed by atoms with E-state index in [2.05, 4.69) is 5.43 Å². The van der Waals surface area contributed by atoms with E-state index in [-0.39, 0.29) is 26.4 Å². The van der Waals surface area contributed by atoms with Crippen LogP contribution in [0.25, 0.3) is 6.08 Å². The third kappa shape index (κ3) is 4.09. The van der Waals surface area contributed by atoms with Crippen molar-refractivity contribution in [2.75, 3.05) is 5.43 Å². The summed E-state index contributed by atoms with van der Waals surface area (Å²) in [6.07, 6.45) is 1.42. The van der Waals surface area contributed by atoms with Crippen molar-refractivity contribution < 1.29 is 24.9 Å². The number of carbonyl (C=O) groups excluding carboxylic acids is 1. The monoisotopic (exact) mass is 434 g/mol. The number of hydrogen-bond donors (Lipinski definition) is 3. The first-order valence-corrected chi connectivity index (χ1v) is 8.89. The van der Waals surface area contributed by atoms with Crippen molar-refractivity contribution in [1.29, 1.82) is 0 Å². The standard InChI is InChI=1S/C16H10N4O7S2/c21-12-4-1-8(5-13(12)22)6-14-15(23)18(16(28)29-14)17-10-3-2-9(19(24)25)7-11(10)20(26)27/h1-7,17,21-22H/b14-6+. The average molecular weight is 434 g/mol. The predicted molar refractivity (Wildman–Crippen MR) is 108 cm³/mol. The van der Waals surface area contributed by atoms with Crippen LogP contribution in [0, 0.1) is 20.2 Å². The van der Waals surface area contributed by atoms with Gasteiger partial charge in [0.1, 0.15) is 5.69 Å². The zero-order chi connectivity index (χ0) is 21.3. The molecule has 0 unspecified atom stereocenters. The first kappa shape index (κ1) is 20.0. The van der Waals surface area contributed by atoms with Crippen LogP contribution in [-0.2, 0) is 4.79 Å². The lowest BCUT2D eigenvalue weighted by Gasteiger charge is -2.16. The van der Waals surface area contributed by atoms with E-state index >= 15 is 0 Å².